The Kier molecular flexibility index (Phi) is 19.5. The minimum Gasteiger partial charge on any atom is -0.493 e. The van der Waals surface area contributed by atoms with Gasteiger partial charge in [-0.15, -0.1) is 0 Å². The average Bonchev–Trinajstić information content (AvgIpc) is 2.81. The lowest BCUT2D eigenvalue weighted by Gasteiger charge is -2.15. The number of nitrogens with one attached hydrogen (secondary N) is 1. The number of unbranched alkanes of at least 4 members (excludes halogenated alkanes) is 13. The molecule has 0 heterocycles. The highest BCUT2D eigenvalue weighted by Gasteiger charge is 2.07. The Hall–Kier alpha value is -1.22. The zero-order valence-corrected chi connectivity index (χ0v) is 21.7. The van der Waals surface area contributed by atoms with Gasteiger partial charge in [-0.3, -0.25) is 0 Å². The molecule has 1 aromatic rings. The van der Waals surface area contributed by atoms with Crippen molar-refractivity contribution >= 4 is 0 Å². The van der Waals surface area contributed by atoms with E-state index in [9.17, 15) is 0 Å². The molecule has 32 heavy (non-hydrogen) atoms. The van der Waals surface area contributed by atoms with Gasteiger partial charge in [-0.05, 0) is 31.9 Å². The summed E-state index contributed by atoms with van der Waals surface area (Å²) in [5, 5.41) is 3.60. The minimum atomic E-state index is 0.802. The van der Waals surface area contributed by atoms with Crippen molar-refractivity contribution in [3.05, 3.63) is 23.8 Å². The van der Waals surface area contributed by atoms with Crippen LogP contribution in [-0.4, -0.2) is 19.8 Å². The van der Waals surface area contributed by atoms with E-state index in [1.54, 1.807) is 0 Å². The molecule has 0 aliphatic heterocycles. The Morgan fingerprint density at radius 2 is 1.12 bits per heavy atom. The van der Waals surface area contributed by atoms with Gasteiger partial charge in [0.15, 0.2) is 0 Å². The van der Waals surface area contributed by atoms with Crippen LogP contribution < -0.4 is 14.8 Å². The molecule has 0 saturated heterocycles. The van der Waals surface area contributed by atoms with Crippen LogP contribution in [0.4, 0.5) is 0 Å². The summed E-state index contributed by atoms with van der Waals surface area (Å²) in [7, 11) is 0. The predicted octanol–water partition coefficient (Wildman–Crippen LogP) is 8.84. The molecule has 0 aliphatic rings. The number of hydrogen-bond donors (Lipinski definition) is 1. The monoisotopic (exact) mass is 447 g/mol. The maximum atomic E-state index is 6.23. The summed E-state index contributed by atoms with van der Waals surface area (Å²) in [6.07, 6.45) is 20.7. The molecular weight excluding hydrogens is 394 g/mol. The first-order valence-electron chi connectivity index (χ1n) is 13.9. The van der Waals surface area contributed by atoms with Crippen molar-refractivity contribution in [2.75, 3.05) is 19.8 Å². The SMILES string of the molecule is CCCCCCCCOc1ccc(CNCCCCCC)c(OCCCCCCCC)c1. The van der Waals surface area contributed by atoms with Gasteiger partial charge in [-0.25, -0.2) is 0 Å². The third kappa shape index (κ3) is 15.6. The summed E-state index contributed by atoms with van der Waals surface area (Å²) in [6, 6.07) is 6.41. The smallest absolute Gasteiger partial charge is 0.127 e. The molecule has 0 bridgehead atoms. The van der Waals surface area contributed by atoms with Gasteiger partial charge in [0.1, 0.15) is 11.5 Å². The van der Waals surface area contributed by atoms with Gasteiger partial charge in [0.05, 0.1) is 13.2 Å². The molecule has 0 atom stereocenters. The molecule has 0 aliphatic carbocycles. The van der Waals surface area contributed by atoms with E-state index in [0.29, 0.717) is 0 Å². The molecule has 0 aromatic heterocycles. The van der Waals surface area contributed by atoms with E-state index < -0.39 is 0 Å². The maximum absolute atomic E-state index is 6.23. The van der Waals surface area contributed by atoms with Gasteiger partial charge in [-0.1, -0.05) is 110 Å². The molecule has 0 saturated carbocycles. The Balaban J connectivity index is 2.45. The Bertz CT molecular complexity index is 532. The predicted molar refractivity (Wildman–Crippen MR) is 140 cm³/mol. The van der Waals surface area contributed by atoms with Crippen molar-refractivity contribution in [1.29, 1.82) is 0 Å². The summed E-state index contributed by atoms with van der Waals surface area (Å²) in [5.74, 6) is 1.95. The summed E-state index contributed by atoms with van der Waals surface area (Å²) in [4.78, 5) is 0. The molecule has 0 amide bonds. The molecule has 0 spiro atoms. The van der Waals surface area contributed by atoms with E-state index in [0.717, 1.165) is 50.6 Å². The van der Waals surface area contributed by atoms with Crippen LogP contribution in [0.25, 0.3) is 0 Å². The Morgan fingerprint density at radius 1 is 0.594 bits per heavy atom. The third-order valence-electron chi connectivity index (χ3n) is 6.08. The molecule has 0 unspecified atom stereocenters. The van der Waals surface area contributed by atoms with Crippen molar-refractivity contribution in [2.24, 2.45) is 0 Å². The molecule has 1 aromatic carbocycles. The van der Waals surface area contributed by atoms with Crippen molar-refractivity contribution in [2.45, 2.75) is 130 Å². The van der Waals surface area contributed by atoms with Crippen LogP contribution in [0.3, 0.4) is 0 Å². The fraction of sp³-hybridized carbons (Fsp3) is 0.793. The minimum absolute atomic E-state index is 0.802. The van der Waals surface area contributed by atoms with Crippen molar-refractivity contribution < 1.29 is 9.47 Å². The highest BCUT2D eigenvalue weighted by molar-refractivity contribution is 5.40. The molecule has 0 fully saturated rings. The van der Waals surface area contributed by atoms with Gasteiger partial charge in [0, 0.05) is 18.2 Å². The number of rotatable bonds is 23. The summed E-state index contributed by atoms with van der Waals surface area (Å²) < 4.78 is 12.3. The largest absolute Gasteiger partial charge is 0.493 e. The fourth-order valence-corrected chi connectivity index (χ4v) is 3.94. The molecule has 3 nitrogen and oxygen atoms in total. The summed E-state index contributed by atoms with van der Waals surface area (Å²) in [6.45, 7) is 10.3. The summed E-state index contributed by atoms with van der Waals surface area (Å²) in [5.41, 5.74) is 1.25. The van der Waals surface area contributed by atoms with Gasteiger partial charge < -0.3 is 14.8 Å². The third-order valence-corrected chi connectivity index (χ3v) is 6.08. The molecule has 1 N–H and O–H groups in total. The second-order valence-electron chi connectivity index (χ2n) is 9.24. The van der Waals surface area contributed by atoms with Crippen LogP contribution >= 0.6 is 0 Å². The van der Waals surface area contributed by atoms with E-state index >= 15 is 0 Å². The zero-order valence-electron chi connectivity index (χ0n) is 21.7. The van der Waals surface area contributed by atoms with Crippen LogP contribution in [-0.2, 0) is 6.54 Å². The molecule has 186 valence electrons. The standard InChI is InChI=1S/C29H53NO2/c1-4-7-10-13-15-18-23-31-28-21-20-27(26-30-22-17-12-9-6-3)29(25-28)32-24-19-16-14-11-8-5-2/h20-21,25,30H,4-19,22-24,26H2,1-3H3. The number of hydrogen-bond acceptors (Lipinski definition) is 3. The van der Waals surface area contributed by atoms with Gasteiger partial charge >= 0.3 is 0 Å². The lowest BCUT2D eigenvalue weighted by atomic mass is 10.1. The Labute approximate surface area is 200 Å². The number of benzene rings is 1. The number of ether oxygens (including phenoxy) is 2. The average molecular weight is 448 g/mol. The van der Waals surface area contributed by atoms with Crippen LogP contribution in [0.1, 0.15) is 129 Å². The fourth-order valence-electron chi connectivity index (χ4n) is 3.94. The van der Waals surface area contributed by atoms with E-state index in [-0.39, 0.29) is 0 Å². The lowest BCUT2D eigenvalue weighted by molar-refractivity contribution is 0.287. The highest BCUT2D eigenvalue weighted by Crippen LogP contribution is 2.26. The van der Waals surface area contributed by atoms with Crippen molar-refractivity contribution in [3.8, 4) is 11.5 Å². The van der Waals surface area contributed by atoms with Crippen LogP contribution in [0, 0.1) is 0 Å². The molecule has 3 heteroatoms. The second-order valence-corrected chi connectivity index (χ2v) is 9.24. The first-order chi connectivity index (χ1) is 15.8. The van der Waals surface area contributed by atoms with Gasteiger partial charge in [0.25, 0.3) is 0 Å². The highest BCUT2D eigenvalue weighted by atomic mass is 16.5. The lowest BCUT2D eigenvalue weighted by Crippen LogP contribution is -2.15. The van der Waals surface area contributed by atoms with E-state index in [2.05, 4.69) is 44.3 Å². The van der Waals surface area contributed by atoms with Crippen molar-refractivity contribution in [1.82, 2.24) is 5.32 Å². The van der Waals surface area contributed by atoms with Gasteiger partial charge in [0.2, 0.25) is 0 Å². The van der Waals surface area contributed by atoms with Crippen LogP contribution in [0.2, 0.25) is 0 Å². The maximum Gasteiger partial charge on any atom is 0.127 e. The van der Waals surface area contributed by atoms with Gasteiger partial charge in [-0.2, -0.15) is 0 Å². The molecule has 1 rings (SSSR count). The second kappa shape index (κ2) is 21.6. The quantitative estimate of drug-likeness (QED) is 0.170. The first-order valence-corrected chi connectivity index (χ1v) is 13.9. The van der Waals surface area contributed by atoms with Crippen LogP contribution in [0.5, 0.6) is 11.5 Å². The Morgan fingerprint density at radius 3 is 1.75 bits per heavy atom. The first kappa shape index (κ1) is 28.8. The topological polar surface area (TPSA) is 30.5 Å². The van der Waals surface area contributed by atoms with E-state index in [1.807, 2.05) is 0 Å². The normalized spacial score (nSPS) is 11.1. The summed E-state index contributed by atoms with van der Waals surface area (Å²) >= 11 is 0. The van der Waals surface area contributed by atoms with Crippen molar-refractivity contribution in [3.63, 3.8) is 0 Å². The molecule has 0 radical (unpaired) electrons. The molecular formula is C29H53NO2. The van der Waals surface area contributed by atoms with E-state index in [4.69, 9.17) is 9.47 Å². The van der Waals surface area contributed by atoms with Crippen LogP contribution in [0.15, 0.2) is 18.2 Å². The zero-order chi connectivity index (χ0) is 23.1. The van der Waals surface area contributed by atoms with E-state index in [1.165, 1.54) is 95.5 Å².